The normalized spacial score (nSPS) is 15.2. The minimum absolute atomic E-state index is 0.0355. The number of nitrogens with one attached hydrogen (secondary N) is 1. The number of aryl methyl sites for hydroxylation is 2. The number of nitro benzene ring substituents is 1. The molecule has 178 valence electrons. The van der Waals surface area contributed by atoms with Crippen molar-refractivity contribution in [2.45, 2.75) is 31.6 Å². The van der Waals surface area contributed by atoms with E-state index in [1.165, 1.54) is 22.5 Å². The number of benzene rings is 2. The fraction of sp³-hybridized carbons (Fsp3) is 0.318. The molecule has 1 aliphatic heterocycles. The van der Waals surface area contributed by atoms with E-state index >= 15 is 0 Å². The molecule has 1 amide bonds. The van der Waals surface area contributed by atoms with Gasteiger partial charge in [0.1, 0.15) is 0 Å². The fourth-order valence-electron chi connectivity index (χ4n) is 3.94. The zero-order chi connectivity index (χ0) is 24.5. The monoisotopic (exact) mass is 485 g/mol. The van der Waals surface area contributed by atoms with Crippen molar-refractivity contribution in [2.24, 2.45) is 5.92 Å². The van der Waals surface area contributed by atoms with E-state index < -0.39 is 20.9 Å². The summed E-state index contributed by atoms with van der Waals surface area (Å²) in [7, 11) is -3.64. The lowest BCUT2D eigenvalue weighted by Crippen LogP contribution is -2.41. The first-order chi connectivity index (χ1) is 16.1. The second-order valence-corrected chi connectivity index (χ2v) is 10.1. The van der Waals surface area contributed by atoms with Gasteiger partial charge in [-0.25, -0.2) is 8.42 Å². The van der Waals surface area contributed by atoms with Crippen molar-refractivity contribution in [2.75, 3.05) is 18.4 Å². The number of anilines is 1. The van der Waals surface area contributed by atoms with E-state index in [1.807, 2.05) is 13.0 Å². The maximum absolute atomic E-state index is 13.0. The Bertz CT molecular complexity index is 1350. The number of rotatable bonds is 6. The van der Waals surface area contributed by atoms with Crippen LogP contribution in [0.4, 0.5) is 11.7 Å². The van der Waals surface area contributed by atoms with Crippen LogP contribution in [-0.4, -0.2) is 46.8 Å². The van der Waals surface area contributed by atoms with Crippen molar-refractivity contribution in [1.29, 1.82) is 0 Å². The van der Waals surface area contributed by atoms with Gasteiger partial charge in [-0.1, -0.05) is 28.9 Å². The highest BCUT2D eigenvalue weighted by Crippen LogP contribution is 2.28. The van der Waals surface area contributed by atoms with Gasteiger partial charge >= 0.3 is 6.01 Å². The first-order valence-corrected chi connectivity index (χ1v) is 12.1. The molecule has 0 aliphatic carbocycles. The molecule has 4 rings (SSSR count). The van der Waals surface area contributed by atoms with E-state index in [4.69, 9.17) is 4.42 Å². The van der Waals surface area contributed by atoms with Crippen LogP contribution in [0.25, 0.3) is 11.5 Å². The van der Waals surface area contributed by atoms with Crippen molar-refractivity contribution in [3.05, 3.63) is 63.7 Å². The number of hydrogen-bond acceptors (Lipinski definition) is 8. The van der Waals surface area contributed by atoms with Crippen LogP contribution in [0.3, 0.4) is 0 Å². The number of carbonyl (C=O) groups excluding carboxylic acids is 1. The van der Waals surface area contributed by atoms with Crippen molar-refractivity contribution in [1.82, 2.24) is 14.5 Å². The number of carbonyl (C=O) groups is 1. The van der Waals surface area contributed by atoms with Crippen molar-refractivity contribution in [3.63, 3.8) is 0 Å². The predicted octanol–water partition coefficient (Wildman–Crippen LogP) is 3.30. The highest BCUT2D eigenvalue weighted by molar-refractivity contribution is 7.89. The van der Waals surface area contributed by atoms with E-state index in [0.717, 1.165) is 5.56 Å². The SMILES string of the molecule is Cc1ccc(S(=O)(=O)N2CCC(C(=O)Nc3nnc(-c4cccc([N+](=O)[O-])c4)o3)CC2)c(C)c1. The third-order valence-corrected chi connectivity index (χ3v) is 7.79. The van der Waals surface area contributed by atoms with E-state index in [0.29, 0.717) is 24.0 Å². The van der Waals surface area contributed by atoms with Crippen LogP contribution in [0, 0.1) is 29.9 Å². The van der Waals surface area contributed by atoms with Gasteiger partial charge in [-0.05, 0) is 44.4 Å². The van der Waals surface area contributed by atoms with Gasteiger partial charge in [0.2, 0.25) is 21.8 Å². The molecule has 34 heavy (non-hydrogen) atoms. The minimum Gasteiger partial charge on any atom is -0.403 e. The summed E-state index contributed by atoms with van der Waals surface area (Å²) >= 11 is 0. The summed E-state index contributed by atoms with van der Waals surface area (Å²) in [5, 5.41) is 21.1. The lowest BCUT2D eigenvalue weighted by molar-refractivity contribution is -0.384. The molecule has 0 bridgehead atoms. The van der Waals surface area contributed by atoms with Crippen LogP contribution in [0.1, 0.15) is 24.0 Å². The molecule has 0 radical (unpaired) electrons. The summed E-state index contributed by atoms with van der Waals surface area (Å²) in [5.74, 6) is -0.732. The quantitative estimate of drug-likeness (QED) is 0.413. The maximum Gasteiger partial charge on any atom is 0.322 e. The summed E-state index contributed by atoms with van der Waals surface area (Å²) in [6, 6.07) is 10.8. The Hall–Kier alpha value is -3.64. The number of nitrogens with zero attached hydrogens (tertiary/aromatic N) is 4. The number of sulfonamides is 1. The van der Waals surface area contributed by atoms with Gasteiger partial charge in [0.25, 0.3) is 5.69 Å². The fourth-order valence-corrected chi connectivity index (χ4v) is 5.61. The van der Waals surface area contributed by atoms with Crippen molar-refractivity contribution < 1.29 is 22.6 Å². The van der Waals surface area contributed by atoms with E-state index in [2.05, 4.69) is 15.5 Å². The molecule has 3 aromatic rings. The minimum atomic E-state index is -3.64. The molecule has 1 N–H and O–H groups in total. The maximum atomic E-state index is 13.0. The summed E-state index contributed by atoms with van der Waals surface area (Å²) < 4.78 is 32.9. The molecule has 1 aromatic heterocycles. The van der Waals surface area contributed by atoms with Gasteiger partial charge in [0, 0.05) is 36.7 Å². The predicted molar refractivity (Wildman–Crippen MR) is 122 cm³/mol. The molecule has 0 atom stereocenters. The summed E-state index contributed by atoms with van der Waals surface area (Å²) in [6.07, 6.45) is 0.698. The topological polar surface area (TPSA) is 149 Å². The van der Waals surface area contributed by atoms with E-state index in [1.54, 1.807) is 25.1 Å². The smallest absolute Gasteiger partial charge is 0.322 e. The third-order valence-electron chi connectivity index (χ3n) is 5.73. The lowest BCUT2D eigenvalue weighted by Gasteiger charge is -2.30. The zero-order valence-electron chi connectivity index (χ0n) is 18.6. The van der Waals surface area contributed by atoms with Crippen LogP contribution >= 0.6 is 0 Å². The molecular formula is C22H23N5O6S. The molecule has 1 fully saturated rings. The summed E-state index contributed by atoms with van der Waals surface area (Å²) in [6.45, 7) is 4.11. The number of hydrogen-bond donors (Lipinski definition) is 1. The van der Waals surface area contributed by atoms with Gasteiger partial charge in [-0.15, -0.1) is 5.10 Å². The number of aromatic nitrogens is 2. The Morgan fingerprint density at radius 1 is 1.15 bits per heavy atom. The van der Waals surface area contributed by atoms with Crippen molar-refractivity contribution in [3.8, 4) is 11.5 Å². The van der Waals surface area contributed by atoms with Crippen LogP contribution in [0.15, 0.2) is 51.8 Å². The van der Waals surface area contributed by atoms with Gasteiger partial charge < -0.3 is 4.42 Å². The van der Waals surface area contributed by atoms with Gasteiger partial charge in [-0.3, -0.25) is 20.2 Å². The lowest BCUT2D eigenvalue weighted by atomic mass is 9.97. The standard InChI is InChI=1S/C22H23N5O6S/c1-14-6-7-19(15(2)12-14)34(31,32)26-10-8-16(9-11-26)20(28)23-22-25-24-21(33-22)17-4-3-5-18(13-17)27(29)30/h3-7,12-13,16H,8-11H2,1-2H3,(H,23,25,28). The second-order valence-electron chi connectivity index (χ2n) is 8.16. The van der Waals surface area contributed by atoms with Crippen LogP contribution in [-0.2, 0) is 14.8 Å². The Balaban J connectivity index is 1.38. The number of non-ortho nitro benzene ring substituents is 1. The highest BCUT2D eigenvalue weighted by Gasteiger charge is 2.33. The van der Waals surface area contributed by atoms with Crippen LogP contribution < -0.4 is 5.32 Å². The zero-order valence-corrected chi connectivity index (χ0v) is 19.4. The summed E-state index contributed by atoms with van der Waals surface area (Å²) in [5.41, 5.74) is 1.91. The Morgan fingerprint density at radius 3 is 2.56 bits per heavy atom. The van der Waals surface area contributed by atoms with Gasteiger partial charge in [-0.2, -0.15) is 4.31 Å². The molecule has 1 aliphatic rings. The summed E-state index contributed by atoms with van der Waals surface area (Å²) in [4.78, 5) is 23.4. The van der Waals surface area contributed by atoms with Crippen LogP contribution in [0.2, 0.25) is 0 Å². The number of nitro groups is 1. The molecule has 11 nitrogen and oxygen atoms in total. The van der Waals surface area contributed by atoms with Gasteiger partial charge in [0.05, 0.1) is 9.82 Å². The molecule has 0 unspecified atom stereocenters. The Kier molecular flexibility index (Phi) is 6.44. The van der Waals surface area contributed by atoms with E-state index in [-0.39, 0.29) is 41.5 Å². The number of piperidine rings is 1. The average Bonchev–Trinajstić information content (AvgIpc) is 3.27. The van der Waals surface area contributed by atoms with Gasteiger partial charge in [0.15, 0.2) is 0 Å². The Morgan fingerprint density at radius 2 is 1.88 bits per heavy atom. The third kappa shape index (κ3) is 4.82. The molecule has 2 heterocycles. The molecule has 1 saturated heterocycles. The molecule has 2 aromatic carbocycles. The number of amides is 1. The first kappa shape index (κ1) is 23.5. The molecule has 0 spiro atoms. The molecular weight excluding hydrogens is 462 g/mol. The van der Waals surface area contributed by atoms with Crippen molar-refractivity contribution >= 4 is 27.6 Å². The highest BCUT2D eigenvalue weighted by atomic mass is 32.2. The first-order valence-electron chi connectivity index (χ1n) is 10.6. The molecule has 12 heteroatoms. The molecule has 0 saturated carbocycles. The Labute approximate surface area is 196 Å². The average molecular weight is 486 g/mol. The van der Waals surface area contributed by atoms with E-state index in [9.17, 15) is 23.3 Å². The second kappa shape index (κ2) is 9.31. The largest absolute Gasteiger partial charge is 0.403 e. The van der Waals surface area contributed by atoms with Crippen LogP contribution in [0.5, 0.6) is 0 Å².